The van der Waals surface area contributed by atoms with E-state index >= 15 is 0 Å². The number of hydrogen-bond acceptors (Lipinski definition) is 3. The van der Waals surface area contributed by atoms with Gasteiger partial charge in [0.2, 0.25) is 0 Å². The molecule has 0 fully saturated rings. The maximum absolute atomic E-state index is 3.91. The SMILES string of the molecule is C1=CC=Cc2nnsc2C=1.CC. The van der Waals surface area contributed by atoms with Crippen molar-refractivity contribution >= 4 is 23.7 Å². The molecule has 1 aliphatic carbocycles. The minimum Gasteiger partial charge on any atom is -0.138 e. The summed E-state index contributed by atoms with van der Waals surface area (Å²) in [5.41, 5.74) is 3.92. The molecule has 2 rings (SSSR count). The van der Waals surface area contributed by atoms with Crippen LogP contribution in [0.2, 0.25) is 0 Å². The van der Waals surface area contributed by atoms with Crippen LogP contribution in [-0.4, -0.2) is 9.59 Å². The lowest BCUT2D eigenvalue weighted by Gasteiger charge is -1.79. The molecule has 0 unspecified atom stereocenters. The Hall–Kier alpha value is -1.18. The summed E-state index contributed by atoms with van der Waals surface area (Å²) in [6, 6.07) is 0. The third kappa shape index (κ3) is 1.91. The number of hydrogen-bond donors (Lipinski definition) is 0. The van der Waals surface area contributed by atoms with Gasteiger partial charge < -0.3 is 0 Å². The molecule has 0 N–H and O–H groups in total. The number of fused-ring (bicyclic) bond motifs is 1. The Kier molecular flexibility index (Phi) is 3.45. The van der Waals surface area contributed by atoms with Crippen LogP contribution in [0.4, 0.5) is 0 Å². The van der Waals surface area contributed by atoms with E-state index in [9.17, 15) is 0 Å². The van der Waals surface area contributed by atoms with Gasteiger partial charge in [-0.15, -0.1) is 10.8 Å². The molecule has 2 nitrogen and oxygen atoms in total. The standard InChI is InChI=1S/C7H4N2S.C2H6/c1-2-4-6-7(5-3-1)10-9-8-6;1-2/h1-2,4-5H;1-2H3. The molecule has 1 aliphatic rings. The Morgan fingerprint density at radius 3 is 3.08 bits per heavy atom. The number of aromatic nitrogens is 2. The van der Waals surface area contributed by atoms with Gasteiger partial charge in [-0.3, -0.25) is 0 Å². The maximum atomic E-state index is 3.91. The topological polar surface area (TPSA) is 25.8 Å². The zero-order valence-corrected chi connectivity index (χ0v) is 7.93. The minimum atomic E-state index is 0.936. The first-order chi connectivity index (χ1) is 5.97. The highest BCUT2D eigenvalue weighted by Crippen LogP contribution is 2.14. The fraction of sp³-hybridized carbons (Fsp3) is 0.222. The van der Waals surface area contributed by atoms with E-state index in [1.165, 1.54) is 11.5 Å². The van der Waals surface area contributed by atoms with Crippen LogP contribution >= 0.6 is 11.5 Å². The predicted molar refractivity (Wildman–Crippen MR) is 52.8 cm³/mol. The summed E-state index contributed by atoms with van der Waals surface area (Å²) >= 11 is 1.39. The third-order valence-electron chi connectivity index (χ3n) is 1.20. The van der Waals surface area contributed by atoms with Crippen LogP contribution in [0.25, 0.3) is 12.2 Å². The van der Waals surface area contributed by atoms with Crippen molar-refractivity contribution in [2.75, 3.05) is 0 Å². The number of rotatable bonds is 0. The van der Waals surface area contributed by atoms with Gasteiger partial charge in [0, 0.05) is 6.08 Å². The van der Waals surface area contributed by atoms with Crippen molar-refractivity contribution in [2.24, 2.45) is 0 Å². The monoisotopic (exact) mass is 178 g/mol. The average molecular weight is 178 g/mol. The number of nitrogens with zero attached hydrogens (tertiary/aromatic N) is 2. The molecule has 12 heavy (non-hydrogen) atoms. The second-order valence-electron chi connectivity index (χ2n) is 1.86. The largest absolute Gasteiger partial charge is 0.138 e. The lowest BCUT2D eigenvalue weighted by Crippen LogP contribution is -1.72. The van der Waals surface area contributed by atoms with E-state index in [-0.39, 0.29) is 0 Å². The summed E-state index contributed by atoms with van der Waals surface area (Å²) in [5.74, 6) is 0. The Morgan fingerprint density at radius 2 is 2.25 bits per heavy atom. The minimum absolute atomic E-state index is 0.936. The first-order valence-corrected chi connectivity index (χ1v) is 4.66. The van der Waals surface area contributed by atoms with Crippen molar-refractivity contribution in [3.63, 3.8) is 0 Å². The van der Waals surface area contributed by atoms with Gasteiger partial charge in [-0.1, -0.05) is 24.4 Å². The van der Waals surface area contributed by atoms with E-state index in [0.29, 0.717) is 0 Å². The average Bonchev–Trinajstić information content (AvgIpc) is 2.46. The van der Waals surface area contributed by atoms with E-state index in [4.69, 9.17) is 0 Å². The normalized spacial score (nSPS) is 11.5. The Balaban J connectivity index is 0.000000336. The van der Waals surface area contributed by atoms with Gasteiger partial charge in [0.05, 0.1) is 4.88 Å². The summed E-state index contributed by atoms with van der Waals surface area (Å²) in [6.07, 6.45) is 7.58. The van der Waals surface area contributed by atoms with Crippen LogP contribution in [0.1, 0.15) is 24.4 Å². The lowest BCUT2D eigenvalue weighted by atomic mass is 10.3. The second-order valence-corrected chi connectivity index (χ2v) is 2.64. The summed E-state index contributed by atoms with van der Waals surface area (Å²) in [6.45, 7) is 4.00. The van der Waals surface area contributed by atoms with Crippen molar-refractivity contribution < 1.29 is 0 Å². The molecule has 0 aromatic carbocycles. The molecule has 0 bridgehead atoms. The number of allylic oxidation sites excluding steroid dienone is 2. The van der Waals surface area contributed by atoms with Crippen LogP contribution < -0.4 is 0 Å². The molecule has 3 heteroatoms. The quantitative estimate of drug-likeness (QED) is 0.571. The van der Waals surface area contributed by atoms with Crippen molar-refractivity contribution in [1.29, 1.82) is 0 Å². The van der Waals surface area contributed by atoms with Gasteiger partial charge in [-0.2, -0.15) is 0 Å². The van der Waals surface area contributed by atoms with Gasteiger partial charge in [-0.05, 0) is 23.7 Å². The summed E-state index contributed by atoms with van der Waals surface area (Å²) < 4.78 is 3.80. The van der Waals surface area contributed by atoms with Gasteiger partial charge in [0.1, 0.15) is 5.69 Å². The molecule has 1 heterocycles. The molecule has 1 aromatic rings. The van der Waals surface area contributed by atoms with Gasteiger partial charge in [0.25, 0.3) is 0 Å². The van der Waals surface area contributed by atoms with Crippen molar-refractivity contribution in [3.05, 3.63) is 28.5 Å². The highest BCUT2D eigenvalue weighted by Gasteiger charge is 2.00. The van der Waals surface area contributed by atoms with E-state index in [1.807, 2.05) is 38.2 Å². The van der Waals surface area contributed by atoms with Gasteiger partial charge >= 0.3 is 0 Å². The molecule has 62 valence electrons. The zero-order chi connectivity index (χ0) is 8.81. The highest BCUT2D eigenvalue weighted by molar-refractivity contribution is 7.06. The van der Waals surface area contributed by atoms with Crippen molar-refractivity contribution in [2.45, 2.75) is 13.8 Å². The highest BCUT2D eigenvalue weighted by atomic mass is 32.1. The van der Waals surface area contributed by atoms with E-state index in [2.05, 4.69) is 15.3 Å². The molecule has 0 spiro atoms. The molecule has 1 aromatic heterocycles. The third-order valence-corrected chi connectivity index (χ3v) is 1.89. The molecular formula is C9H10N2S. The Labute approximate surface area is 76.1 Å². The Bertz CT molecular complexity index is 330. The zero-order valence-electron chi connectivity index (χ0n) is 7.11. The molecule has 0 aliphatic heterocycles. The van der Waals surface area contributed by atoms with E-state index in [1.54, 1.807) is 0 Å². The summed E-state index contributed by atoms with van der Waals surface area (Å²) in [5, 5.41) is 3.91. The van der Waals surface area contributed by atoms with Crippen LogP contribution in [0, 0.1) is 0 Å². The molecular weight excluding hydrogens is 168 g/mol. The summed E-state index contributed by atoms with van der Waals surface area (Å²) in [4.78, 5) is 1.07. The van der Waals surface area contributed by atoms with Crippen LogP contribution in [0.15, 0.2) is 17.9 Å². The molecule has 0 atom stereocenters. The van der Waals surface area contributed by atoms with Gasteiger partial charge in [-0.25, -0.2) is 0 Å². The Morgan fingerprint density at radius 1 is 1.42 bits per heavy atom. The van der Waals surface area contributed by atoms with E-state index < -0.39 is 0 Å². The van der Waals surface area contributed by atoms with Crippen molar-refractivity contribution in [3.8, 4) is 0 Å². The van der Waals surface area contributed by atoms with Gasteiger partial charge in [0.15, 0.2) is 0 Å². The van der Waals surface area contributed by atoms with Crippen LogP contribution in [0.3, 0.4) is 0 Å². The van der Waals surface area contributed by atoms with Crippen LogP contribution in [-0.2, 0) is 0 Å². The first-order valence-electron chi connectivity index (χ1n) is 3.88. The molecule has 0 radical (unpaired) electrons. The van der Waals surface area contributed by atoms with Crippen molar-refractivity contribution in [1.82, 2.24) is 9.59 Å². The predicted octanol–water partition coefficient (Wildman–Crippen LogP) is 2.76. The fourth-order valence-corrected chi connectivity index (χ4v) is 1.28. The van der Waals surface area contributed by atoms with E-state index in [0.717, 1.165) is 10.6 Å². The second kappa shape index (κ2) is 4.65. The maximum Gasteiger partial charge on any atom is 0.106 e. The molecule has 0 saturated heterocycles. The first kappa shape index (κ1) is 8.91. The fourth-order valence-electron chi connectivity index (χ4n) is 0.739. The van der Waals surface area contributed by atoms with Crippen LogP contribution in [0.5, 0.6) is 0 Å². The summed E-state index contributed by atoms with van der Waals surface area (Å²) in [7, 11) is 0. The lowest BCUT2D eigenvalue weighted by molar-refractivity contribution is 1.14. The molecule has 0 saturated carbocycles. The smallest absolute Gasteiger partial charge is 0.106 e. The molecule has 0 amide bonds.